The van der Waals surface area contributed by atoms with Crippen molar-refractivity contribution in [1.29, 1.82) is 0 Å². The normalized spacial score (nSPS) is 9.80. The summed E-state index contributed by atoms with van der Waals surface area (Å²) in [5.41, 5.74) is -0.274. The average Bonchev–Trinajstić information content (AvgIpc) is 2.17. The van der Waals surface area contributed by atoms with Crippen LogP contribution in [0.3, 0.4) is 0 Å². The van der Waals surface area contributed by atoms with E-state index in [0.717, 1.165) is 12.1 Å². The molecule has 82 valence electrons. The van der Waals surface area contributed by atoms with Gasteiger partial charge in [-0.1, -0.05) is 6.07 Å². The van der Waals surface area contributed by atoms with Gasteiger partial charge in [0.15, 0.2) is 0 Å². The number of hydrogen-bond acceptors (Lipinski definition) is 2. The zero-order valence-electron chi connectivity index (χ0n) is 8.31. The number of likely N-dealkylation sites (N-methyl/N-ethyl adjacent to an activating group) is 1. The molecule has 0 aliphatic heterocycles. The quantitative estimate of drug-likeness (QED) is 0.797. The van der Waals surface area contributed by atoms with Crippen molar-refractivity contribution in [2.24, 2.45) is 0 Å². The molecule has 0 aliphatic rings. The molecule has 5 heteroatoms. The van der Waals surface area contributed by atoms with E-state index >= 15 is 0 Å². The fourth-order valence-electron chi connectivity index (χ4n) is 1.10. The van der Waals surface area contributed by atoms with Crippen molar-refractivity contribution in [2.75, 3.05) is 18.4 Å². The topological polar surface area (TPSA) is 41.1 Å². The highest BCUT2D eigenvalue weighted by atomic mass is 19.1. The summed E-state index contributed by atoms with van der Waals surface area (Å²) in [6.07, 6.45) is 0. The van der Waals surface area contributed by atoms with Gasteiger partial charge in [0, 0.05) is 6.54 Å². The first-order valence-electron chi connectivity index (χ1n) is 4.59. The molecule has 0 aromatic heterocycles. The molecule has 0 saturated carbocycles. The van der Waals surface area contributed by atoms with E-state index in [1.54, 1.807) is 6.92 Å². The number of amides is 1. The zero-order chi connectivity index (χ0) is 11.3. The lowest BCUT2D eigenvalue weighted by Gasteiger charge is -2.07. The molecule has 2 N–H and O–H groups in total. The minimum atomic E-state index is -0.709. The van der Waals surface area contributed by atoms with Gasteiger partial charge in [-0.2, -0.15) is 0 Å². The van der Waals surface area contributed by atoms with Gasteiger partial charge in [-0.05, 0) is 19.1 Å². The Kier molecular flexibility index (Phi) is 4.03. The maximum Gasteiger partial charge on any atom is 0.239 e. The number of anilines is 1. The van der Waals surface area contributed by atoms with Crippen molar-refractivity contribution in [1.82, 2.24) is 5.32 Å². The van der Waals surface area contributed by atoms with Crippen LogP contribution in [0.25, 0.3) is 0 Å². The first-order chi connectivity index (χ1) is 7.15. The second-order valence-corrected chi connectivity index (χ2v) is 2.90. The van der Waals surface area contributed by atoms with E-state index in [1.165, 1.54) is 6.07 Å². The van der Waals surface area contributed by atoms with Crippen LogP contribution in [0.2, 0.25) is 0 Å². The lowest BCUT2D eigenvalue weighted by atomic mass is 10.3. The van der Waals surface area contributed by atoms with E-state index in [0.29, 0.717) is 6.54 Å². The summed E-state index contributed by atoms with van der Waals surface area (Å²) in [4.78, 5) is 11.0. The van der Waals surface area contributed by atoms with Crippen LogP contribution >= 0.6 is 0 Å². The van der Waals surface area contributed by atoms with E-state index in [-0.39, 0.29) is 18.1 Å². The first-order valence-corrected chi connectivity index (χ1v) is 4.59. The van der Waals surface area contributed by atoms with Gasteiger partial charge in [0.05, 0.1) is 6.54 Å². The summed E-state index contributed by atoms with van der Waals surface area (Å²) in [6, 6.07) is 3.52. The Balaban J connectivity index is 2.61. The Bertz CT molecular complexity index is 335. The van der Waals surface area contributed by atoms with Crippen molar-refractivity contribution < 1.29 is 13.6 Å². The molecule has 0 bridgehead atoms. The second-order valence-electron chi connectivity index (χ2n) is 2.90. The van der Waals surface area contributed by atoms with E-state index in [1.807, 2.05) is 0 Å². The van der Waals surface area contributed by atoms with Crippen LogP contribution in [0, 0.1) is 11.6 Å². The number of rotatable bonds is 4. The molecule has 1 aromatic rings. The molecular weight excluding hydrogens is 202 g/mol. The number of para-hydroxylation sites is 1. The minimum Gasteiger partial charge on any atom is -0.371 e. The average molecular weight is 214 g/mol. The minimum absolute atomic E-state index is 0.147. The van der Waals surface area contributed by atoms with Gasteiger partial charge in [-0.25, -0.2) is 8.78 Å². The van der Waals surface area contributed by atoms with Gasteiger partial charge in [0.2, 0.25) is 5.91 Å². The van der Waals surface area contributed by atoms with Crippen molar-refractivity contribution >= 4 is 11.6 Å². The highest BCUT2D eigenvalue weighted by Gasteiger charge is 2.08. The van der Waals surface area contributed by atoms with Crippen LogP contribution in [0.1, 0.15) is 6.92 Å². The second kappa shape index (κ2) is 5.29. The summed E-state index contributed by atoms with van der Waals surface area (Å²) < 4.78 is 26.1. The fourth-order valence-corrected chi connectivity index (χ4v) is 1.10. The third kappa shape index (κ3) is 3.19. The van der Waals surface area contributed by atoms with Crippen molar-refractivity contribution in [3.05, 3.63) is 29.8 Å². The Labute approximate surface area is 86.5 Å². The zero-order valence-corrected chi connectivity index (χ0v) is 8.31. The van der Waals surface area contributed by atoms with Gasteiger partial charge in [0.1, 0.15) is 17.3 Å². The van der Waals surface area contributed by atoms with Gasteiger partial charge in [-0.3, -0.25) is 4.79 Å². The smallest absolute Gasteiger partial charge is 0.239 e. The number of benzene rings is 1. The summed E-state index contributed by atoms with van der Waals surface area (Å²) in [5.74, 6) is -1.72. The Morgan fingerprint density at radius 1 is 1.33 bits per heavy atom. The molecule has 0 saturated heterocycles. The monoisotopic (exact) mass is 214 g/mol. The third-order valence-electron chi connectivity index (χ3n) is 1.76. The molecule has 0 unspecified atom stereocenters. The van der Waals surface area contributed by atoms with Crippen LogP contribution < -0.4 is 10.6 Å². The Hall–Kier alpha value is -1.65. The number of nitrogens with one attached hydrogen (secondary N) is 2. The van der Waals surface area contributed by atoms with Crippen molar-refractivity contribution in [2.45, 2.75) is 6.92 Å². The standard InChI is InChI=1S/C10H12F2N2O/c1-2-13-9(15)6-14-10-7(11)4-3-5-8(10)12/h3-5,14H,2,6H2,1H3,(H,13,15). The molecule has 15 heavy (non-hydrogen) atoms. The Morgan fingerprint density at radius 2 is 1.93 bits per heavy atom. The van der Waals surface area contributed by atoms with E-state index in [4.69, 9.17) is 0 Å². The molecule has 3 nitrogen and oxygen atoms in total. The van der Waals surface area contributed by atoms with Gasteiger partial charge in [0.25, 0.3) is 0 Å². The van der Waals surface area contributed by atoms with Crippen LogP contribution in [0.15, 0.2) is 18.2 Å². The highest BCUT2D eigenvalue weighted by Crippen LogP contribution is 2.17. The molecule has 0 aliphatic carbocycles. The predicted molar refractivity (Wildman–Crippen MR) is 53.5 cm³/mol. The highest BCUT2D eigenvalue weighted by molar-refractivity contribution is 5.80. The van der Waals surface area contributed by atoms with Crippen LogP contribution in [-0.4, -0.2) is 19.0 Å². The van der Waals surface area contributed by atoms with Crippen LogP contribution in [0.4, 0.5) is 14.5 Å². The van der Waals surface area contributed by atoms with Gasteiger partial charge >= 0.3 is 0 Å². The fraction of sp³-hybridized carbons (Fsp3) is 0.300. The van der Waals surface area contributed by atoms with Crippen LogP contribution in [-0.2, 0) is 4.79 Å². The summed E-state index contributed by atoms with van der Waals surface area (Å²) in [5, 5.41) is 4.91. The predicted octanol–water partition coefficient (Wildman–Crippen LogP) is 1.51. The van der Waals surface area contributed by atoms with E-state index in [9.17, 15) is 13.6 Å². The molecule has 0 atom stereocenters. The van der Waals surface area contributed by atoms with Gasteiger partial charge in [-0.15, -0.1) is 0 Å². The number of carbonyl (C=O) groups excluding carboxylic acids is 1. The molecule has 0 fully saturated rings. The first kappa shape index (κ1) is 11.4. The molecule has 1 aromatic carbocycles. The number of halogens is 2. The molecule has 0 heterocycles. The lowest BCUT2D eigenvalue weighted by Crippen LogP contribution is -2.29. The maximum absolute atomic E-state index is 13.1. The summed E-state index contributed by atoms with van der Waals surface area (Å²) in [6.45, 7) is 2.10. The third-order valence-corrected chi connectivity index (χ3v) is 1.76. The molecule has 0 radical (unpaired) electrons. The molecule has 0 spiro atoms. The van der Waals surface area contributed by atoms with Crippen molar-refractivity contribution in [3.8, 4) is 0 Å². The maximum atomic E-state index is 13.1. The van der Waals surface area contributed by atoms with E-state index < -0.39 is 11.6 Å². The Morgan fingerprint density at radius 3 is 2.47 bits per heavy atom. The largest absolute Gasteiger partial charge is 0.371 e. The summed E-state index contributed by atoms with van der Waals surface area (Å²) in [7, 11) is 0. The molecular formula is C10H12F2N2O. The van der Waals surface area contributed by atoms with Gasteiger partial charge < -0.3 is 10.6 Å². The van der Waals surface area contributed by atoms with Crippen LogP contribution in [0.5, 0.6) is 0 Å². The lowest BCUT2D eigenvalue weighted by molar-refractivity contribution is -0.119. The SMILES string of the molecule is CCNC(=O)CNc1c(F)cccc1F. The number of hydrogen-bond donors (Lipinski definition) is 2. The molecule has 1 rings (SSSR count). The van der Waals surface area contributed by atoms with Crippen molar-refractivity contribution in [3.63, 3.8) is 0 Å². The van der Waals surface area contributed by atoms with E-state index in [2.05, 4.69) is 10.6 Å². The molecule has 1 amide bonds. The number of carbonyl (C=O) groups is 1. The summed E-state index contributed by atoms with van der Waals surface area (Å²) >= 11 is 0.